The van der Waals surface area contributed by atoms with E-state index in [-0.39, 0.29) is 0 Å². The number of nitriles is 1. The Balaban J connectivity index is 2.15. The third-order valence-corrected chi connectivity index (χ3v) is 4.31. The summed E-state index contributed by atoms with van der Waals surface area (Å²) in [6.45, 7) is 1.94. The van der Waals surface area contributed by atoms with E-state index < -0.39 is 5.41 Å². The van der Waals surface area contributed by atoms with Gasteiger partial charge < -0.3 is 4.90 Å². The Bertz CT molecular complexity index is 567. The van der Waals surface area contributed by atoms with Gasteiger partial charge in [-0.25, -0.2) is 0 Å². The lowest BCUT2D eigenvalue weighted by Gasteiger charge is -2.46. The van der Waals surface area contributed by atoms with Crippen LogP contribution in [0, 0.1) is 17.2 Å². The molecule has 0 unspecified atom stereocenters. The van der Waals surface area contributed by atoms with Gasteiger partial charge in [0.15, 0.2) is 0 Å². The van der Waals surface area contributed by atoms with E-state index in [1.807, 2.05) is 36.4 Å². The van der Waals surface area contributed by atoms with Gasteiger partial charge >= 0.3 is 0 Å². The summed E-state index contributed by atoms with van der Waals surface area (Å²) in [5.74, 6) is 0.349. The zero-order valence-corrected chi connectivity index (χ0v) is 11.7. The van der Waals surface area contributed by atoms with E-state index in [0.29, 0.717) is 5.92 Å². The lowest BCUT2D eigenvalue weighted by molar-refractivity contribution is 0.0988. The van der Waals surface area contributed by atoms with Crippen LogP contribution in [0.15, 0.2) is 60.7 Å². The van der Waals surface area contributed by atoms with E-state index in [1.165, 1.54) is 0 Å². The molecule has 2 aromatic rings. The van der Waals surface area contributed by atoms with Crippen molar-refractivity contribution in [3.63, 3.8) is 0 Å². The molecule has 2 heteroatoms. The van der Waals surface area contributed by atoms with Crippen molar-refractivity contribution in [2.75, 3.05) is 20.1 Å². The molecule has 0 N–H and O–H groups in total. The molecular weight excluding hydrogens is 244 g/mol. The third-order valence-electron chi connectivity index (χ3n) is 4.31. The second-order valence-corrected chi connectivity index (χ2v) is 5.57. The van der Waals surface area contributed by atoms with Crippen molar-refractivity contribution in [2.24, 2.45) is 5.92 Å². The summed E-state index contributed by atoms with van der Waals surface area (Å²) in [5, 5.41) is 10.0. The van der Waals surface area contributed by atoms with Crippen LogP contribution in [0.5, 0.6) is 0 Å². The maximum atomic E-state index is 10.0. The Kier molecular flexibility index (Phi) is 3.30. The monoisotopic (exact) mass is 262 g/mol. The Morgan fingerprint density at radius 1 is 0.950 bits per heavy atom. The molecule has 1 heterocycles. The minimum atomic E-state index is -0.533. The molecule has 0 spiro atoms. The first-order valence-electron chi connectivity index (χ1n) is 6.98. The Hall–Kier alpha value is -2.11. The van der Waals surface area contributed by atoms with Gasteiger partial charge in [-0.2, -0.15) is 5.26 Å². The number of likely N-dealkylation sites (tertiary alicyclic amines) is 1. The van der Waals surface area contributed by atoms with Gasteiger partial charge in [0.2, 0.25) is 0 Å². The molecule has 2 nitrogen and oxygen atoms in total. The molecule has 0 amide bonds. The SMILES string of the molecule is CN1CC(C(C#N)(c2ccccc2)c2ccccc2)C1. The Morgan fingerprint density at radius 2 is 1.40 bits per heavy atom. The fourth-order valence-corrected chi connectivity index (χ4v) is 3.23. The largest absolute Gasteiger partial charge is 0.306 e. The fourth-order valence-electron chi connectivity index (χ4n) is 3.23. The van der Waals surface area contributed by atoms with Crippen LogP contribution in [0.4, 0.5) is 0 Å². The van der Waals surface area contributed by atoms with Gasteiger partial charge in [0.1, 0.15) is 5.41 Å². The summed E-state index contributed by atoms with van der Waals surface area (Å²) in [6.07, 6.45) is 0. The van der Waals surface area contributed by atoms with Gasteiger partial charge in [-0.05, 0) is 18.2 Å². The first kappa shape index (κ1) is 12.9. The van der Waals surface area contributed by atoms with Crippen molar-refractivity contribution < 1.29 is 0 Å². The summed E-state index contributed by atoms with van der Waals surface area (Å²) >= 11 is 0. The number of hydrogen-bond acceptors (Lipinski definition) is 2. The normalized spacial score (nSPS) is 16.4. The lowest BCUT2D eigenvalue weighted by atomic mass is 9.64. The molecule has 0 radical (unpaired) electrons. The Labute approximate surface area is 120 Å². The molecule has 1 aliphatic rings. The molecule has 0 saturated carbocycles. The standard InChI is InChI=1S/C18H18N2/c1-20-12-17(13-20)18(14-19,15-8-4-2-5-9-15)16-10-6-3-7-11-16/h2-11,17H,12-13H2,1H3. The molecular formula is C18H18N2. The topological polar surface area (TPSA) is 27.0 Å². The highest BCUT2D eigenvalue weighted by molar-refractivity contribution is 5.47. The first-order chi connectivity index (χ1) is 9.77. The maximum absolute atomic E-state index is 10.0. The zero-order valence-electron chi connectivity index (χ0n) is 11.7. The second kappa shape index (κ2) is 5.11. The van der Waals surface area contributed by atoms with Crippen LogP contribution >= 0.6 is 0 Å². The van der Waals surface area contributed by atoms with E-state index in [9.17, 15) is 5.26 Å². The maximum Gasteiger partial charge on any atom is 0.112 e. The molecule has 1 aliphatic heterocycles. The van der Waals surface area contributed by atoms with E-state index in [2.05, 4.69) is 42.3 Å². The quantitative estimate of drug-likeness (QED) is 0.850. The minimum Gasteiger partial charge on any atom is -0.306 e. The number of rotatable bonds is 3. The van der Waals surface area contributed by atoms with Gasteiger partial charge in [0.25, 0.3) is 0 Å². The third kappa shape index (κ3) is 1.92. The van der Waals surface area contributed by atoms with Crippen LogP contribution in [0.2, 0.25) is 0 Å². The van der Waals surface area contributed by atoms with Gasteiger partial charge in [-0.3, -0.25) is 0 Å². The van der Waals surface area contributed by atoms with E-state index >= 15 is 0 Å². The van der Waals surface area contributed by atoms with Crippen LogP contribution in [0.1, 0.15) is 11.1 Å². The molecule has 0 bridgehead atoms. The van der Waals surface area contributed by atoms with Crippen LogP contribution in [-0.4, -0.2) is 25.0 Å². The zero-order chi connectivity index (χ0) is 14.0. The van der Waals surface area contributed by atoms with Crippen LogP contribution in [-0.2, 0) is 5.41 Å². The highest BCUT2D eigenvalue weighted by Crippen LogP contribution is 2.42. The van der Waals surface area contributed by atoms with Gasteiger partial charge in [-0.1, -0.05) is 60.7 Å². The highest BCUT2D eigenvalue weighted by atomic mass is 15.2. The molecule has 3 rings (SSSR count). The van der Waals surface area contributed by atoms with Crippen LogP contribution in [0.25, 0.3) is 0 Å². The van der Waals surface area contributed by atoms with Crippen molar-refractivity contribution in [1.29, 1.82) is 5.26 Å². The summed E-state index contributed by atoms with van der Waals surface area (Å²) in [5.41, 5.74) is 1.67. The van der Waals surface area contributed by atoms with Crippen molar-refractivity contribution >= 4 is 0 Å². The smallest absolute Gasteiger partial charge is 0.112 e. The van der Waals surface area contributed by atoms with Crippen LogP contribution in [0.3, 0.4) is 0 Å². The number of benzene rings is 2. The minimum absolute atomic E-state index is 0.349. The van der Waals surface area contributed by atoms with Crippen molar-refractivity contribution in [3.05, 3.63) is 71.8 Å². The van der Waals surface area contributed by atoms with E-state index in [1.54, 1.807) is 0 Å². The molecule has 20 heavy (non-hydrogen) atoms. The lowest BCUT2D eigenvalue weighted by Crippen LogP contribution is -2.54. The van der Waals surface area contributed by atoms with E-state index in [0.717, 1.165) is 24.2 Å². The average molecular weight is 262 g/mol. The van der Waals surface area contributed by atoms with Crippen molar-refractivity contribution in [3.8, 4) is 6.07 Å². The number of nitrogens with zero attached hydrogens (tertiary/aromatic N) is 2. The highest BCUT2D eigenvalue weighted by Gasteiger charge is 2.47. The number of hydrogen-bond donors (Lipinski definition) is 0. The average Bonchev–Trinajstić information content (AvgIpc) is 2.49. The predicted molar refractivity (Wildman–Crippen MR) is 80.3 cm³/mol. The van der Waals surface area contributed by atoms with Crippen molar-refractivity contribution in [1.82, 2.24) is 4.90 Å². The summed E-state index contributed by atoms with van der Waals surface area (Å²) in [6, 6.07) is 23.0. The summed E-state index contributed by atoms with van der Waals surface area (Å²) in [4.78, 5) is 2.27. The van der Waals surface area contributed by atoms with E-state index in [4.69, 9.17) is 0 Å². The molecule has 0 aromatic heterocycles. The predicted octanol–water partition coefficient (Wildman–Crippen LogP) is 3.06. The molecule has 0 atom stereocenters. The van der Waals surface area contributed by atoms with Gasteiger partial charge in [0, 0.05) is 19.0 Å². The molecule has 1 saturated heterocycles. The molecule has 2 aromatic carbocycles. The Morgan fingerprint density at radius 3 is 1.75 bits per heavy atom. The fraction of sp³-hybridized carbons (Fsp3) is 0.278. The van der Waals surface area contributed by atoms with Crippen molar-refractivity contribution in [2.45, 2.75) is 5.41 Å². The second-order valence-electron chi connectivity index (χ2n) is 5.57. The first-order valence-corrected chi connectivity index (χ1v) is 6.98. The molecule has 100 valence electrons. The van der Waals surface area contributed by atoms with Crippen LogP contribution < -0.4 is 0 Å². The summed E-state index contributed by atoms with van der Waals surface area (Å²) < 4.78 is 0. The van der Waals surface area contributed by atoms with Gasteiger partial charge in [-0.15, -0.1) is 0 Å². The summed E-state index contributed by atoms with van der Waals surface area (Å²) in [7, 11) is 2.11. The van der Waals surface area contributed by atoms with Gasteiger partial charge in [0.05, 0.1) is 6.07 Å². The molecule has 0 aliphatic carbocycles. The molecule has 1 fully saturated rings.